The van der Waals surface area contributed by atoms with Crippen LogP contribution in [0.1, 0.15) is 12.5 Å². The quantitative estimate of drug-likeness (QED) is 0.862. The monoisotopic (exact) mass is 313 g/mol. The molecule has 0 bridgehead atoms. The van der Waals surface area contributed by atoms with Gasteiger partial charge in [0.05, 0.1) is 18.1 Å². The van der Waals surface area contributed by atoms with Crippen LogP contribution in [0.2, 0.25) is 0 Å². The zero-order valence-electron chi connectivity index (χ0n) is 11.7. The smallest absolute Gasteiger partial charge is 0.320 e. The van der Waals surface area contributed by atoms with Crippen LogP contribution in [0.15, 0.2) is 30.9 Å². The zero-order chi connectivity index (χ0) is 16.2. The molecule has 0 aliphatic rings. The number of halogens is 3. The Morgan fingerprint density at radius 3 is 2.64 bits per heavy atom. The number of nitrogens with zero attached hydrogens (tertiary/aromatic N) is 4. The van der Waals surface area contributed by atoms with Crippen LogP contribution in [-0.2, 0) is 17.9 Å². The second-order valence-corrected chi connectivity index (χ2v) is 4.49. The van der Waals surface area contributed by atoms with E-state index in [4.69, 9.17) is 0 Å². The molecular formula is C13H14F3N5O. The second kappa shape index (κ2) is 6.46. The minimum atomic E-state index is -4.35. The van der Waals surface area contributed by atoms with E-state index in [0.29, 0.717) is 4.68 Å². The first kappa shape index (κ1) is 15.8. The highest BCUT2D eigenvalue weighted by molar-refractivity contribution is 6.01. The third-order valence-corrected chi connectivity index (χ3v) is 2.65. The minimum Gasteiger partial charge on any atom is -0.320 e. The molecule has 0 spiro atoms. The Bertz CT molecular complexity index is 671. The van der Waals surface area contributed by atoms with Crippen molar-refractivity contribution in [2.24, 2.45) is 0 Å². The lowest BCUT2D eigenvalue weighted by Gasteiger charge is -2.04. The summed E-state index contributed by atoms with van der Waals surface area (Å²) in [5.74, 6) is -0.462. The fourth-order valence-electron chi connectivity index (χ4n) is 1.69. The van der Waals surface area contributed by atoms with Crippen LogP contribution < -0.4 is 5.32 Å². The molecule has 0 aliphatic carbocycles. The van der Waals surface area contributed by atoms with Gasteiger partial charge < -0.3 is 5.32 Å². The van der Waals surface area contributed by atoms with Gasteiger partial charge >= 0.3 is 6.18 Å². The van der Waals surface area contributed by atoms with Gasteiger partial charge in [-0.15, -0.1) is 0 Å². The Morgan fingerprint density at radius 1 is 1.27 bits per heavy atom. The number of aryl methyl sites for hydroxylation is 1. The third-order valence-electron chi connectivity index (χ3n) is 2.65. The number of nitrogens with one attached hydrogen (secondary N) is 1. The van der Waals surface area contributed by atoms with Crippen LogP contribution in [0.25, 0.3) is 6.08 Å². The number of carbonyl (C=O) groups excluding carboxylic acids is 1. The van der Waals surface area contributed by atoms with Crippen LogP contribution in [0.3, 0.4) is 0 Å². The van der Waals surface area contributed by atoms with E-state index in [1.807, 2.05) is 6.92 Å². The van der Waals surface area contributed by atoms with E-state index in [1.54, 1.807) is 23.2 Å². The maximum atomic E-state index is 12.2. The van der Waals surface area contributed by atoms with Crippen molar-refractivity contribution in [1.29, 1.82) is 0 Å². The van der Waals surface area contributed by atoms with E-state index < -0.39 is 18.6 Å². The lowest BCUT2D eigenvalue weighted by Crippen LogP contribution is -2.17. The fraction of sp³-hybridized carbons (Fsp3) is 0.308. The highest BCUT2D eigenvalue weighted by Gasteiger charge is 2.28. The number of rotatable bonds is 5. The Kier molecular flexibility index (Phi) is 4.64. The van der Waals surface area contributed by atoms with Gasteiger partial charge in [0.15, 0.2) is 0 Å². The summed E-state index contributed by atoms with van der Waals surface area (Å²) in [6, 6.07) is 0. The highest BCUT2D eigenvalue weighted by atomic mass is 19.4. The van der Waals surface area contributed by atoms with Crippen molar-refractivity contribution in [3.05, 3.63) is 36.4 Å². The summed E-state index contributed by atoms with van der Waals surface area (Å²) in [5, 5.41) is 10.0. The fourth-order valence-corrected chi connectivity index (χ4v) is 1.69. The molecule has 0 aliphatic heterocycles. The largest absolute Gasteiger partial charge is 0.408 e. The van der Waals surface area contributed by atoms with E-state index in [2.05, 4.69) is 15.5 Å². The van der Waals surface area contributed by atoms with Gasteiger partial charge in [0.1, 0.15) is 6.54 Å². The number of amides is 1. The molecule has 0 fully saturated rings. The maximum absolute atomic E-state index is 12.2. The standard InChI is InChI=1S/C13H14F3N5O/c1-2-20-7-10(5-17-20)3-4-12(22)19-11-6-18-21(8-11)9-13(14,15)16/h3-8H,2,9H2,1H3,(H,19,22)/b4-3+. The number of anilines is 1. The van der Waals surface area contributed by atoms with Crippen molar-refractivity contribution in [2.45, 2.75) is 26.2 Å². The first-order chi connectivity index (χ1) is 10.4. The summed E-state index contributed by atoms with van der Waals surface area (Å²) < 4.78 is 39.0. The predicted molar refractivity (Wildman–Crippen MR) is 73.8 cm³/mol. The summed E-state index contributed by atoms with van der Waals surface area (Å²) in [5.41, 5.74) is 0.952. The topological polar surface area (TPSA) is 64.7 Å². The van der Waals surface area contributed by atoms with Gasteiger partial charge in [0.25, 0.3) is 0 Å². The predicted octanol–water partition coefficient (Wildman–Crippen LogP) is 2.31. The van der Waals surface area contributed by atoms with Crippen molar-refractivity contribution in [1.82, 2.24) is 19.6 Å². The molecule has 6 nitrogen and oxygen atoms in total. The normalized spacial score (nSPS) is 12.0. The zero-order valence-corrected chi connectivity index (χ0v) is 11.7. The van der Waals surface area contributed by atoms with Crippen LogP contribution in [0, 0.1) is 0 Å². The van der Waals surface area contributed by atoms with Crippen LogP contribution >= 0.6 is 0 Å². The van der Waals surface area contributed by atoms with Gasteiger partial charge in [0, 0.05) is 30.6 Å². The first-order valence-corrected chi connectivity index (χ1v) is 6.46. The number of hydrogen-bond acceptors (Lipinski definition) is 3. The Morgan fingerprint density at radius 2 is 2.00 bits per heavy atom. The molecule has 1 amide bonds. The van der Waals surface area contributed by atoms with Gasteiger partial charge in [-0.1, -0.05) is 0 Å². The second-order valence-electron chi connectivity index (χ2n) is 4.49. The summed E-state index contributed by atoms with van der Waals surface area (Å²) in [7, 11) is 0. The Labute approximate surface area is 124 Å². The van der Waals surface area contributed by atoms with Crippen LogP contribution in [-0.4, -0.2) is 31.6 Å². The van der Waals surface area contributed by atoms with Crippen molar-refractivity contribution in [3.8, 4) is 0 Å². The van der Waals surface area contributed by atoms with E-state index in [0.717, 1.165) is 24.5 Å². The van der Waals surface area contributed by atoms with Crippen molar-refractivity contribution >= 4 is 17.7 Å². The molecule has 118 valence electrons. The molecular weight excluding hydrogens is 299 g/mol. The Balaban J connectivity index is 1.91. The van der Waals surface area contributed by atoms with Crippen molar-refractivity contribution in [2.75, 3.05) is 5.32 Å². The SMILES string of the molecule is CCn1cc(/C=C/C(=O)Nc2cnn(CC(F)(F)F)c2)cn1. The number of hydrogen-bond donors (Lipinski definition) is 1. The number of carbonyl (C=O) groups is 1. The molecule has 0 unspecified atom stereocenters. The summed E-state index contributed by atoms with van der Waals surface area (Å²) >= 11 is 0. The lowest BCUT2D eigenvalue weighted by molar-refractivity contribution is -0.142. The molecule has 22 heavy (non-hydrogen) atoms. The lowest BCUT2D eigenvalue weighted by atomic mass is 10.3. The van der Waals surface area contributed by atoms with E-state index in [1.165, 1.54) is 6.08 Å². The summed E-state index contributed by atoms with van der Waals surface area (Å²) in [6.45, 7) is 1.46. The summed E-state index contributed by atoms with van der Waals surface area (Å²) in [6.07, 6.45) is 4.14. The van der Waals surface area contributed by atoms with E-state index >= 15 is 0 Å². The molecule has 0 radical (unpaired) electrons. The molecule has 0 saturated carbocycles. The molecule has 0 atom stereocenters. The molecule has 0 aromatic carbocycles. The van der Waals surface area contributed by atoms with Crippen molar-refractivity contribution < 1.29 is 18.0 Å². The number of aromatic nitrogens is 4. The van der Waals surface area contributed by atoms with E-state index in [-0.39, 0.29) is 5.69 Å². The highest BCUT2D eigenvalue weighted by Crippen LogP contribution is 2.18. The average molecular weight is 313 g/mol. The average Bonchev–Trinajstić information content (AvgIpc) is 3.04. The van der Waals surface area contributed by atoms with Crippen LogP contribution in [0.4, 0.5) is 18.9 Å². The van der Waals surface area contributed by atoms with Gasteiger partial charge in [-0.05, 0) is 13.0 Å². The number of alkyl halides is 3. The van der Waals surface area contributed by atoms with E-state index in [9.17, 15) is 18.0 Å². The van der Waals surface area contributed by atoms with Crippen molar-refractivity contribution in [3.63, 3.8) is 0 Å². The first-order valence-electron chi connectivity index (χ1n) is 6.46. The third kappa shape index (κ3) is 4.76. The molecule has 2 heterocycles. The molecule has 2 rings (SSSR count). The molecule has 2 aromatic rings. The van der Waals surface area contributed by atoms with Gasteiger partial charge in [-0.3, -0.25) is 14.2 Å². The molecule has 0 saturated heterocycles. The molecule has 2 aromatic heterocycles. The summed E-state index contributed by atoms with van der Waals surface area (Å²) in [4.78, 5) is 11.7. The molecule has 1 N–H and O–H groups in total. The van der Waals surface area contributed by atoms with Crippen LogP contribution in [0.5, 0.6) is 0 Å². The van der Waals surface area contributed by atoms with Gasteiger partial charge in [-0.2, -0.15) is 23.4 Å². The minimum absolute atomic E-state index is 0.197. The van der Waals surface area contributed by atoms with Gasteiger partial charge in [-0.25, -0.2) is 0 Å². The molecule has 9 heteroatoms. The Hall–Kier alpha value is -2.58. The maximum Gasteiger partial charge on any atom is 0.408 e. The van der Waals surface area contributed by atoms with Gasteiger partial charge in [0.2, 0.25) is 5.91 Å².